The van der Waals surface area contributed by atoms with Gasteiger partial charge in [-0.3, -0.25) is 0 Å². The van der Waals surface area contributed by atoms with E-state index < -0.39 is 6.29 Å². The van der Waals surface area contributed by atoms with Gasteiger partial charge in [-0.05, 0) is 0 Å². The number of aliphatic hydroxyl groups excluding tert-OH is 1. The normalized spacial score (nSPS) is 10.0. The van der Waals surface area contributed by atoms with Gasteiger partial charge in [0.05, 0.1) is 0 Å². The van der Waals surface area contributed by atoms with E-state index in [4.69, 9.17) is 10.2 Å². The van der Waals surface area contributed by atoms with E-state index in [2.05, 4.69) is 0 Å². The van der Waals surface area contributed by atoms with Gasteiger partial charge >= 0.3 is 0 Å². The van der Waals surface area contributed by atoms with Crippen LogP contribution in [0.15, 0.2) is 0 Å². The summed E-state index contributed by atoms with van der Waals surface area (Å²) in [6.45, 7) is -0.319. The number of rotatable bonds is 2. The van der Waals surface area contributed by atoms with Crippen molar-refractivity contribution in [2.24, 2.45) is 0 Å². The predicted octanol–water partition coefficient (Wildman–Crippen LogP) is -1.62. The summed E-state index contributed by atoms with van der Waals surface area (Å²) in [5, 5.41) is 24.9. The number of aliphatic hydroxyl groups is 2. The minimum atomic E-state index is -1.53. The Kier molecular flexibility index (Phi) is 2.97. The van der Waals surface area contributed by atoms with Gasteiger partial charge in [0, 0.05) is 6.54 Å². The van der Waals surface area contributed by atoms with Crippen molar-refractivity contribution in [2.75, 3.05) is 6.54 Å². The average molecular weight is 92.1 g/mol. The fraction of sp³-hybridized carbons (Fsp3) is 1.00. The highest BCUT2D eigenvalue weighted by molar-refractivity contribution is 4.42. The molecule has 0 rings (SSSR count). The van der Waals surface area contributed by atoms with Gasteiger partial charge in [0.15, 0.2) is 6.29 Å². The van der Waals surface area contributed by atoms with E-state index in [0.29, 0.717) is 0 Å². The van der Waals surface area contributed by atoms with Crippen LogP contribution in [0, 0.1) is 5.21 Å². The predicted molar refractivity (Wildman–Crippen MR) is 19.6 cm³/mol. The number of hydrogen-bond donors (Lipinski definition) is 3. The number of nitrogens with one attached hydrogen (secondary N) is 1. The summed E-state index contributed by atoms with van der Waals surface area (Å²) in [5.41, 5.74) is 1.32. The lowest BCUT2D eigenvalue weighted by Gasteiger charge is -2.06. The Balaban J connectivity index is 2.63. The molecule has 4 nitrogen and oxygen atoms in total. The number of hydroxylamine groups is 1. The molecule has 0 aromatic carbocycles. The van der Waals surface area contributed by atoms with Gasteiger partial charge in [-0.25, -0.2) is 0 Å². The molecule has 0 bridgehead atoms. The molecule has 0 unspecified atom stereocenters. The van der Waals surface area contributed by atoms with Gasteiger partial charge in [0.25, 0.3) is 0 Å². The molecule has 0 aliphatic carbocycles. The second-order valence-corrected chi connectivity index (χ2v) is 0.829. The second kappa shape index (κ2) is 3.05. The highest BCUT2D eigenvalue weighted by Gasteiger charge is 1.85. The zero-order valence-electron chi connectivity index (χ0n) is 3.09. The molecule has 0 aliphatic rings. The van der Waals surface area contributed by atoms with Crippen molar-refractivity contribution >= 4 is 0 Å². The Bertz CT molecular complexity index is 30.0. The van der Waals surface area contributed by atoms with Crippen LogP contribution in [0.5, 0.6) is 0 Å². The molecule has 0 amide bonds. The lowest BCUT2D eigenvalue weighted by atomic mass is 10.7. The van der Waals surface area contributed by atoms with E-state index in [-0.39, 0.29) is 6.54 Å². The van der Waals surface area contributed by atoms with Crippen LogP contribution in [0.1, 0.15) is 0 Å². The van der Waals surface area contributed by atoms with Crippen LogP contribution in [0.3, 0.4) is 0 Å². The van der Waals surface area contributed by atoms with Crippen LogP contribution >= 0.6 is 0 Å². The van der Waals surface area contributed by atoms with Crippen LogP contribution in [-0.4, -0.2) is 23.0 Å². The van der Waals surface area contributed by atoms with Crippen LogP contribution in [0.2, 0.25) is 0 Å². The quantitative estimate of drug-likeness (QED) is 0.283. The Morgan fingerprint density at radius 3 is 2.17 bits per heavy atom. The second-order valence-electron chi connectivity index (χ2n) is 0.829. The van der Waals surface area contributed by atoms with Gasteiger partial charge < -0.3 is 20.9 Å². The van der Waals surface area contributed by atoms with E-state index in [1.165, 1.54) is 5.48 Å². The van der Waals surface area contributed by atoms with E-state index in [0.717, 1.165) is 0 Å². The van der Waals surface area contributed by atoms with Crippen molar-refractivity contribution in [3.8, 4) is 0 Å². The first-order valence-corrected chi connectivity index (χ1v) is 1.48. The molecule has 0 fully saturated rings. The van der Waals surface area contributed by atoms with Crippen molar-refractivity contribution in [1.82, 2.24) is 5.48 Å². The zero-order chi connectivity index (χ0) is 4.99. The Morgan fingerprint density at radius 1 is 1.67 bits per heavy atom. The largest absolute Gasteiger partial charge is 0.788 e. The number of hydrogen-bond acceptors (Lipinski definition) is 4. The van der Waals surface area contributed by atoms with Crippen molar-refractivity contribution < 1.29 is 10.2 Å². The maximum atomic E-state index is 9.17. The summed E-state index contributed by atoms with van der Waals surface area (Å²) in [6.07, 6.45) is -1.53. The maximum Gasteiger partial charge on any atom is 0.163 e. The van der Waals surface area contributed by atoms with E-state index in [1.807, 2.05) is 0 Å². The summed E-state index contributed by atoms with van der Waals surface area (Å²) in [7, 11) is 0. The zero-order valence-corrected chi connectivity index (χ0v) is 3.09. The molecule has 4 heteroatoms. The Morgan fingerprint density at radius 2 is 2.17 bits per heavy atom. The molecular weight excluding hydrogens is 86.0 g/mol. The highest BCUT2D eigenvalue weighted by Crippen LogP contribution is 1.64. The monoisotopic (exact) mass is 92.0 g/mol. The van der Waals surface area contributed by atoms with Crippen LogP contribution < -0.4 is 5.48 Å². The molecule has 0 aromatic heterocycles. The minimum Gasteiger partial charge on any atom is -0.788 e. The van der Waals surface area contributed by atoms with Crippen molar-refractivity contribution in [3.05, 3.63) is 5.21 Å². The first kappa shape index (κ1) is 5.84. The Hall–Kier alpha value is -0.160. The highest BCUT2D eigenvalue weighted by atomic mass is 16.5. The lowest BCUT2D eigenvalue weighted by Crippen LogP contribution is -2.20. The van der Waals surface area contributed by atoms with Gasteiger partial charge in [-0.1, -0.05) is 0 Å². The molecule has 0 saturated heterocycles. The molecule has 0 aliphatic heterocycles. The molecule has 0 aromatic rings. The molecule has 0 heterocycles. The van der Waals surface area contributed by atoms with Gasteiger partial charge in [-0.2, -0.15) is 0 Å². The average Bonchev–Trinajstić information content (AvgIpc) is 1.35. The molecule has 0 saturated carbocycles. The molecule has 3 N–H and O–H groups in total. The SMILES string of the molecule is [O-]NCC(O)O. The van der Waals surface area contributed by atoms with Crippen LogP contribution in [0.25, 0.3) is 0 Å². The maximum absolute atomic E-state index is 9.17. The first-order chi connectivity index (χ1) is 2.77. The van der Waals surface area contributed by atoms with Crippen LogP contribution in [-0.2, 0) is 0 Å². The third kappa shape index (κ3) is 3.84. The van der Waals surface area contributed by atoms with E-state index in [1.54, 1.807) is 0 Å². The van der Waals surface area contributed by atoms with Crippen LogP contribution in [0.4, 0.5) is 0 Å². The van der Waals surface area contributed by atoms with Gasteiger partial charge in [-0.15, -0.1) is 0 Å². The van der Waals surface area contributed by atoms with Gasteiger partial charge in [0.2, 0.25) is 0 Å². The summed E-state index contributed by atoms with van der Waals surface area (Å²) < 4.78 is 0. The molecule has 0 atom stereocenters. The minimum absolute atomic E-state index is 0.319. The topological polar surface area (TPSA) is 75.5 Å². The van der Waals surface area contributed by atoms with Gasteiger partial charge in [0.1, 0.15) is 0 Å². The standard InChI is InChI=1S/C2H6NO3/c4-2(5)1-3-6/h2-5H,1H2/q-1. The van der Waals surface area contributed by atoms with Crippen molar-refractivity contribution in [2.45, 2.75) is 6.29 Å². The summed E-state index contributed by atoms with van der Waals surface area (Å²) in [4.78, 5) is 0. The first-order valence-electron chi connectivity index (χ1n) is 1.48. The molecule has 0 spiro atoms. The summed E-state index contributed by atoms with van der Waals surface area (Å²) >= 11 is 0. The van der Waals surface area contributed by atoms with E-state index in [9.17, 15) is 5.21 Å². The molecule has 38 valence electrons. The molecular formula is C2H6NO3-. The smallest absolute Gasteiger partial charge is 0.163 e. The fourth-order valence-corrected chi connectivity index (χ4v) is 0.0745. The third-order valence-corrected chi connectivity index (χ3v) is 0.266. The summed E-state index contributed by atoms with van der Waals surface area (Å²) in [6, 6.07) is 0. The van der Waals surface area contributed by atoms with E-state index >= 15 is 0 Å². The lowest BCUT2D eigenvalue weighted by molar-refractivity contribution is -0.0350. The van der Waals surface area contributed by atoms with Crippen molar-refractivity contribution in [1.29, 1.82) is 0 Å². The third-order valence-electron chi connectivity index (χ3n) is 0.266. The molecule has 6 heavy (non-hydrogen) atoms. The Labute approximate surface area is 35.0 Å². The van der Waals surface area contributed by atoms with Crippen molar-refractivity contribution in [3.63, 3.8) is 0 Å². The summed E-state index contributed by atoms with van der Waals surface area (Å²) in [5.74, 6) is 0. The fourth-order valence-electron chi connectivity index (χ4n) is 0.0745. The molecule has 0 radical (unpaired) electrons.